The number of hydrogen-bond acceptors (Lipinski definition) is 7. The Kier molecular flexibility index (Phi) is 7.70. The molecule has 2 fully saturated rings. The number of hydrogen-bond donors (Lipinski definition) is 3. The second kappa shape index (κ2) is 10.7. The Labute approximate surface area is 204 Å². The molecule has 2 aliphatic rings. The van der Waals surface area contributed by atoms with Crippen molar-refractivity contribution in [3.63, 3.8) is 0 Å². The van der Waals surface area contributed by atoms with E-state index in [2.05, 4.69) is 22.1 Å². The van der Waals surface area contributed by atoms with Gasteiger partial charge in [-0.3, -0.25) is 14.5 Å². The topological polar surface area (TPSA) is 132 Å². The summed E-state index contributed by atoms with van der Waals surface area (Å²) in [5.41, 5.74) is 0.419. The molecule has 2 amide bonds. The molecule has 0 aliphatic carbocycles. The maximum atomic E-state index is 13.2. The number of rotatable bonds is 9. The van der Waals surface area contributed by atoms with Crippen LogP contribution in [0.15, 0.2) is 58.4 Å². The highest BCUT2D eigenvalue weighted by Crippen LogP contribution is 2.27. The summed E-state index contributed by atoms with van der Waals surface area (Å²) in [5.74, 6) is 0.0937. The first-order chi connectivity index (χ1) is 16.8. The summed E-state index contributed by atoms with van der Waals surface area (Å²) in [4.78, 5) is 26.5. The molecule has 1 aromatic carbocycles. The molecule has 0 bridgehead atoms. The van der Waals surface area contributed by atoms with Crippen molar-refractivity contribution < 1.29 is 27.5 Å². The third kappa shape index (κ3) is 5.81. The fraction of sp³-hybridized carbons (Fsp3) is 0.417. The van der Waals surface area contributed by atoms with Crippen molar-refractivity contribution in [1.29, 1.82) is 0 Å². The van der Waals surface area contributed by atoms with Crippen molar-refractivity contribution in [2.24, 2.45) is 0 Å². The van der Waals surface area contributed by atoms with Crippen LogP contribution in [0.5, 0.6) is 0 Å². The molecule has 0 spiro atoms. The molecule has 2 saturated heterocycles. The molecule has 10 nitrogen and oxygen atoms in total. The molecule has 2 aromatic rings. The van der Waals surface area contributed by atoms with E-state index in [9.17, 15) is 23.1 Å². The standard InChI is InChI=1S/C24H30N4O6S/c1-2-23(30)25-18-13-19(16-29)28(14-18)35(32,33)21-8-5-17(6-9-21)26-24(31)22-10-7-20(34-22)15-27-11-3-4-12-27/h2,5-10,18-19,29H,1,3-4,11-16H2,(H,25,30)(H,26,31). The van der Waals surface area contributed by atoms with E-state index in [1.165, 1.54) is 41.4 Å². The summed E-state index contributed by atoms with van der Waals surface area (Å²) < 4.78 is 33.2. The molecular formula is C24H30N4O6S. The molecule has 1 aromatic heterocycles. The molecule has 2 unspecified atom stereocenters. The first-order valence-electron chi connectivity index (χ1n) is 11.6. The monoisotopic (exact) mass is 502 g/mol. The van der Waals surface area contributed by atoms with Crippen molar-refractivity contribution >= 4 is 27.5 Å². The van der Waals surface area contributed by atoms with E-state index < -0.39 is 33.9 Å². The van der Waals surface area contributed by atoms with Gasteiger partial charge in [0.05, 0.1) is 24.1 Å². The van der Waals surface area contributed by atoms with Crippen molar-refractivity contribution in [3.05, 3.63) is 60.6 Å². The van der Waals surface area contributed by atoms with E-state index in [4.69, 9.17) is 4.42 Å². The van der Waals surface area contributed by atoms with Gasteiger partial charge in [-0.15, -0.1) is 0 Å². The highest BCUT2D eigenvalue weighted by molar-refractivity contribution is 7.89. The van der Waals surface area contributed by atoms with Gasteiger partial charge in [0.1, 0.15) is 5.76 Å². The van der Waals surface area contributed by atoms with E-state index in [1.54, 1.807) is 12.1 Å². The Hall–Kier alpha value is -2.99. The minimum atomic E-state index is -3.92. The zero-order valence-electron chi connectivity index (χ0n) is 19.4. The van der Waals surface area contributed by atoms with Gasteiger partial charge in [-0.25, -0.2) is 8.42 Å². The van der Waals surface area contributed by atoms with Gasteiger partial charge in [0, 0.05) is 18.3 Å². The minimum absolute atomic E-state index is 0.0237. The minimum Gasteiger partial charge on any atom is -0.455 e. The molecule has 2 aliphatic heterocycles. The maximum Gasteiger partial charge on any atom is 0.291 e. The van der Waals surface area contributed by atoms with Crippen molar-refractivity contribution in [2.45, 2.75) is 42.8 Å². The Morgan fingerprint density at radius 1 is 1.14 bits per heavy atom. The van der Waals surface area contributed by atoms with Crippen molar-refractivity contribution in [3.8, 4) is 0 Å². The summed E-state index contributed by atoms with van der Waals surface area (Å²) in [6.45, 7) is 5.80. The lowest BCUT2D eigenvalue weighted by Crippen LogP contribution is -2.39. The van der Waals surface area contributed by atoms with E-state index in [0.29, 0.717) is 18.7 Å². The number of nitrogens with one attached hydrogen (secondary N) is 2. The number of amides is 2. The third-order valence-electron chi connectivity index (χ3n) is 6.29. The number of furan rings is 1. The third-order valence-corrected chi connectivity index (χ3v) is 8.22. The predicted molar refractivity (Wildman–Crippen MR) is 129 cm³/mol. The highest BCUT2D eigenvalue weighted by atomic mass is 32.2. The van der Waals surface area contributed by atoms with Crippen LogP contribution in [-0.2, 0) is 21.4 Å². The quantitative estimate of drug-likeness (QED) is 0.443. The molecular weight excluding hydrogens is 472 g/mol. The van der Waals surface area contributed by atoms with Crippen LogP contribution in [0.25, 0.3) is 0 Å². The SMILES string of the molecule is C=CC(=O)NC1CC(CO)N(S(=O)(=O)c2ccc(NC(=O)c3ccc(CN4CCCC4)o3)cc2)C1. The normalized spacial score (nSPS) is 21.2. The number of carbonyl (C=O) groups is 2. The highest BCUT2D eigenvalue weighted by Gasteiger charge is 2.40. The van der Waals surface area contributed by atoms with Crippen LogP contribution in [-0.4, -0.2) is 72.9 Å². The van der Waals surface area contributed by atoms with Gasteiger partial charge in [0.25, 0.3) is 5.91 Å². The van der Waals surface area contributed by atoms with Crippen LogP contribution < -0.4 is 10.6 Å². The summed E-state index contributed by atoms with van der Waals surface area (Å²) in [5, 5.41) is 15.1. The lowest BCUT2D eigenvalue weighted by atomic mass is 10.2. The van der Waals surface area contributed by atoms with Crippen LogP contribution >= 0.6 is 0 Å². The molecule has 11 heteroatoms. The molecule has 2 atom stereocenters. The Morgan fingerprint density at radius 3 is 2.51 bits per heavy atom. The fourth-order valence-electron chi connectivity index (χ4n) is 4.50. The summed E-state index contributed by atoms with van der Waals surface area (Å²) >= 11 is 0. The van der Waals surface area contributed by atoms with Crippen molar-refractivity contribution in [2.75, 3.05) is 31.6 Å². The second-order valence-electron chi connectivity index (χ2n) is 8.78. The van der Waals surface area contributed by atoms with Gasteiger partial charge in [0.15, 0.2) is 5.76 Å². The predicted octanol–water partition coefficient (Wildman–Crippen LogP) is 1.55. The number of likely N-dealkylation sites (tertiary alicyclic amines) is 1. The van der Waals surface area contributed by atoms with Gasteiger partial charge in [-0.05, 0) is 74.8 Å². The number of aliphatic hydroxyl groups excluding tert-OH is 1. The van der Waals surface area contributed by atoms with E-state index in [0.717, 1.165) is 24.9 Å². The maximum absolute atomic E-state index is 13.2. The van der Waals surface area contributed by atoms with Gasteiger partial charge in [-0.2, -0.15) is 4.31 Å². The summed E-state index contributed by atoms with van der Waals surface area (Å²) in [6.07, 6.45) is 3.76. The van der Waals surface area contributed by atoms with E-state index in [-0.39, 0.29) is 23.8 Å². The Balaban J connectivity index is 1.39. The van der Waals surface area contributed by atoms with Crippen LogP contribution in [0.4, 0.5) is 5.69 Å². The van der Waals surface area contributed by atoms with E-state index >= 15 is 0 Å². The Bertz CT molecular complexity index is 1170. The van der Waals surface area contributed by atoms with Crippen LogP contribution in [0.1, 0.15) is 35.6 Å². The second-order valence-corrected chi connectivity index (χ2v) is 10.7. The Morgan fingerprint density at radius 2 is 1.86 bits per heavy atom. The van der Waals surface area contributed by atoms with Gasteiger partial charge in [-0.1, -0.05) is 6.58 Å². The molecule has 3 heterocycles. The number of nitrogens with zero attached hydrogens (tertiary/aromatic N) is 2. The number of anilines is 1. The summed E-state index contributed by atoms with van der Waals surface area (Å²) in [7, 11) is -3.92. The largest absolute Gasteiger partial charge is 0.455 e. The lowest BCUT2D eigenvalue weighted by Gasteiger charge is -2.22. The number of aliphatic hydroxyl groups is 1. The lowest BCUT2D eigenvalue weighted by molar-refractivity contribution is -0.117. The molecule has 0 saturated carbocycles. The number of benzene rings is 1. The fourth-order valence-corrected chi connectivity index (χ4v) is 6.17. The number of carbonyl (C=O) groups excluding carboxylic acids is 2. The van der Waals surface area contributed by atoms with Crippen LogP contribution in [0.2, 0.25) is 0 Å². The smallest absolute Gasteiger partial charge is 0.291 e. The molecule has 0 radical (unpaired) electrons. The van der Waals surface area contributed by atoms with Gasteiger partial charge in [0.2, 0.25) is 15.9 Å². The van der Waals surface area contributed by atoms with Gasteiger partial charge >= 0.3 is 0 Å². The number of sulfonamides is 1. The van der Waals surface area contributed by atoms with Crippen molar-refractivity contribution in [1.82, 2.24) is 14.5 Å². The molecule has 4 rings (SSSR count). The average Bonchev–Trinajstić information content (AvgIpc) is 3.61. The molecule has 188 valence electrons. The first-order valence-corrected chi connectivity index (χ1v) is 13.0. The van der Waals surface area contributed by atoms with Crippen LogP contribution in [0, 0.1) is 0 Å². The first kappa shape index (κ1) is 25.1. The van der Waals surface area contributed by atoms with Gasteiger partial charge < -0.3 is 20.2 Å². The zero-order chi connectivity index (χ0) is 25.0. The molecule has 35 heavy (non-hydrogen) atoms. The van der Waals surface area contributed by atoms with E-state index in [1.807, 2.05) is 0 Å². The van der Waals surface area contributed by atoms with Crippen LogP contribution in [0.3, 0.4) is 0 Å². The zero-order valence-corrected chi connectivity index (χ0v) is 20.2. The summed E-state index contributed by atoms with van der Waals surface area (Å²) in [6, 6.07) is 8.15. The average molecular weight is 503 g/mol. The molecule has 3 N–H and O–H groups in total.